The van der Waals surface area contributed by atoms with Gasteiger partial charge in [-0.25, -0.2) is 0 Å². The van der Waals surface area contributed by atoms with Crippen molar-refractivity contribution < 1.29 is 14.6 Å². The van der Waals surface area contributed by atoms with E-state index in [1.807, 2.05) is 32.0 Å². The number of ether oxygens (including phenoxy) is 1. The maximum absolute atomic E-state index is 10.2. The van der Waals surface area contributed by atoms with Crippen LogP contribution < -0.4 is 4.74 Å². The predicted octanol–water partition coefficient (Wildman–Crippen LogP) is 2.16. The summed E-state index contributed by atoms with van der Waals surface area (Å²) in [6.07, 6.45) is 0.0346. The largest absolute Gasteiger partial charge is 0.493 e. The molecule has 0 fully saturated rings. The third kappa shape index (κ3) is 3.09. The first-order chi connectivity index (χ1) is 6.59. The highest BCUT2D eigenvalue weighted by Gasteiger charge is 1.99. The molecular weight excluding hydrogens is 180 g/mol. The van der Waals surface area contributed by atoms with Gasteiger partial charge in [0, 0.05) is 0 Å². The number of carboxylic acid groups (broad SMARTS) is 1. The van der Waals surface area contributed by atoms with Crippen molar-refractivity contribution in [1.82, 2.24) is 0 Å². The topological polar surface area (TPSA) is 46.5 Å². The SMILES string of the molecule is Cc1ccc(OCCC(=O)O)cc1C. The van der Waals surface area contributed by atoms with Gasteiger partial charge < -0.3 is 9.84 Å². The minimum atomic E-state index is -0.839. The Bertz CT molecular complexity index is 331. The summed E-state index contributed by atoms with van der Waals surface area (Å²) in [6, 6.07) is 5.73. The Kier molecular flexibility index (Phi) is 3.51. The molecule has 1 N–H and O–H groups in total. The van der Waals surface area contributed by atoms with Crippen molar-refractivity contribution >= 4 is 5.97 Å². The molecule has 0 bridgehead atoms. The minimum absolute atomic E-state index is 0.0346. The fourth-order valence-electron chi connectivity index (χ4n) is 1.06. The van der Waals surface area contributed by atoms with Gasteiger partial charge in [0.05, 0.1) is 13.0 Å². The summed E-state index contributed by atoms with van der Waals surface area (Å²) in [4.78, 5) is 10.2. The van der Waals surface area contributed by atoms with Gasteiger partial charge >= 0.3 is 5.97 Å². The predicted molar refractivity (Wildman–Crippen MR) is 53.7 cm³/mol. The number of carboxylic acids is 1. The number of benzene rings is 1. The molecule has 0 saturated carbocycles. The number of hydrogen-bond acceptors (Lipinski definition) is 2. The smallest absolute Gasteiger partial charge is 0.306 e. The minimum Gasteiger partial charge on any atom is -0.493 e. The Hall–Kier alpha value is -1.51. The average Bonchev–Trinajstić information content (AvgIpc) is 2.10. The molecule has 76 valence electrons. The van der Waals surface area contributed by atoms with Gasteiger partial charge in [-0.1, -0.05) is 6.07 Å². The molecule has 0 aliphatic carbocycles. The van der Waals surface area contributed by atoms with Gasteiger partial charge in [-0.15, -0.1) is 0 Å². The van der Waals surface area contributed by atoms with Crippen LogP contribution in [0.5, 0.6) is 5.75 Å². The van der Waals surface area contributed by atoms with Crippen molar-refractivity contribution in [2.45, 2.75) is 20.3 Å². The molecular formula is C11H14O3. The van der Waals surface area contributed by atoms with E-state index in [0.717, 1.165) is 11.3 Å². The van der Waals surface area contributed by atoms with E-state index in [2.05, 4.69) is 0 Å². The van der Waals surface area contributed by atoms with Crippen LogP contribution in [0, 0.1) is 13.8 Å². The molecule has 0 aliphatic rings. The van der Waals surface area contributed by atoms with Crippen molar-refractivity contribution in [2.75, 3.05) is 6.61 Å². The van der Waals surface area contributed by atoms with Crippen LogP contribution in [0.4, 0.5) is 0 Å². The van der Waals surface area contributed by atoms with E-state index in [0.29, 0.717) is 0 Å². The summed E-state index contributed by atoms with van der Waals surface area (Å²) in [7, 11) is 0. The molecule has 0 atom stereocenters. The standard InChI is InChI=1S/C11H14O3/c1-8-3-4-10(7-9(8)2)14-6-5-11(12)13/h3-4,7H,5-6H2,1-2H3,(H,12,13). The van der Waals surface area contributed by atoms with Gasteiger partial charge in [0.1, 0.15) is 5.75 Å². The Morgan fingerprint density at radius 2 is 2.07 bits per heavy atom. The number of aliphatic carboxylic acids is 1. The molecule has 0 spiro atoms. The molecule has 14 heavy (non-hydrogen) atoms. The lowest BCUT2D eigenvalue weighted by Crippen LogP contribution is -2.04. The number of hydrogen-bond donors (Lipinski definition) is 1. The van der Waals surface area contributed by atoms with E-state index >= 15 is 0 Å². The first kappa shape index (κ1) is 10.6. The van der Waals surface area contributed by atoms with Crippen LogP contribution in [0.1, 0.15) is 17.5 Å². The Labute approximate surface area is 83.3 Å². The second-order valence-electron chi connectivity index (χ2n) is 3.24. The number of aryl methyl sites for hydroxylation is 2. The lowest BCUT2D eigenvalue weighted by atomic mass is 10.1. The average molecular weight is 194 g/mol. The molecule has 0 unspecified atom stereocenters. The maximum Gasteiger partial charge on any atom is 0.306 e. The molecule has 1 rings (SSSR count). The van der Waals surface area contributed by atoms with Gasteiger partial charge in [-0.2, -0.15) is 0 Å². The van der Waals surface area contributed by atoms with E-state index in [1.165, 1.54) is 5.56 Å². The lowest BCUT2D eigenvalue weighted by Gasteiger charge is -2.06. The quantitative estimate of drug-likeness (QED) is 0.798. The second-order valence-corrected chi connectivity index (χ2v) is 3.24. The highest BCUT2D eigenvalue weighted by molar-refractivity contribution is 5.66. The summed E-state index contributed by atoms with van der Waals surface area (Å²) in [5, 5.41) is 8.41. The summed E-state index contributed by atoms with van der Waals surface area (Å²) in [5.41, 5.74) is 2.36. The molecule has 3 nitrogen and oxygen atoms in total. The van der Waals surface area contributed by atoms with E-state index in [-0.39, 0.29) is 13.0 Å². The van der Waals surface area contributed by atoms with Crippen molar-refractivity contribution in [3.63, 3.8) is 0 Å². The molecule has 0 aromatic heterocycles. The molecule has 1 aromatic rings. The van der Waals surface area contributed by atoms with Crippen LogP contribution in [0.25, 0.3) is 0 Å². The van der Waals surface area contributed by atoms with Gasteiger partial charge in [0.15, 0.2) is 0 Å². The zero-order valence-corrected chi connectivity index (χ0v) is 8.41. The van der Waals surface area contributed by atoms with E-state index in [9.17, 15) is 4.79 Å². The highest BCUT2D eigenvalue weighted by atomic mass is 16.5. The summed E-state index contributed by atoms with van der Waals surface area (Å²) >= 11 is 0. The zero-order valence-electron chi connectivity index (χ0n) is 8.41. The second kappa shape index (κ2) is 4.65. The fourth-order valence-corrected chi connectivity index (χ4v) is 1.06. The summed E-state index contributed by atoms with van der Waals surface area (Å²) in [6.45, 7) is 4.24. The third-order valence-corrected chi connectivity index (χ3v) is 2.06. The Morgan fingerprint density at radius 3 is 2.64 bits per heavy atom. The molecule has 0 saturated heterocycles. The van der Waals surface area contributed by atoms with Crippen molar-refractivity contribution in [3.8, 4) is 5.75 Å². The molecule has 0 heterocycles. The summed E-state index contributed by atoms with van der Waals surface area (Å²) in [5.74, 6) is -0.108. The third-order valence-electron chi connectivity index (χ3n) is 2.06. The monoisotopic (exact) mass is 194 g/mol. The molecule has 3 heteroatoms. The van der Waals surface area contributed by atoms with Gasteiger partial charge in [-0.05, 0) is 37.1 Å². The van der Waals surface area contributed by atoms with Crippen LogP contribution in [0.15, 0.2) is 18.2 Å². The molecule has 0 aliphatic heterocycles. The summed E-state index contributed by atoms with van der Waals surface area (Å²) < 4.78 is 5.27. The number of carbonyl (C=O) groups is 1. The van der Waals surface area contributed by atoms with Crippen LogP contribution in [0.3, 0.4) is 0 Å². The van der Waals surface area contributed by atoms with E-state index < -0.39 is 5.97 Å². The fraction of sp³-hybridized carbons (Fsp3) is 0.364. The maximum atomic E-state index is 10.2. The molecule has 0 radical (unpaired) electrons. The first-order valence-corrected chi connectivity index (χ1v) is 4.51. The molecule has 0 amide bonds. The normalized spacial score (nSPS) is 9.86. The lowest BCUT2D eigenvalue weighted by molar-refractivity contribution is -0.137. The van der Waals surface area contributed by atoms with Crippen molar-refractivity contribution in [2.24, 2.45) is 0 Å². The van der Waals surface area contributed by atoms with Crippen molar-refractivity contribution in [1.29, 1.82) is 0 Å². The van der Waals surface area contributed by atoms with Crippen LogP contribution >= 0.6 is 0 Å². The van der Waals surface area contributed by atoms with Crippen LogP contribution in [0.2, 0.25) is 0 Å². The van der Waals surface area contributed by atoms with Gasteiger partial charge in [0.25, 0.3) is 0 Å². The van der Waals surface area contributed by atoms with E-state index in [4.69, 9.17) is 9.84 Å². The van der Waals surface area contributed by atoms with Crippen LogP contribution in [-0.4, -0.2) is 17.7 Å². The first-order valence-electron chi connectivity index (χ1n) is 4.51. The van der Waals surface area contributed by atoms with Gasteiger partial charge in [0.2, 0.25) is 0 Å². The highest BCUT2D eigenvalue weighted by Crippen LogP contribution is 2.16. The van der Waals surface area contributed by atoms with Gasteiger partial charge in [-0.3, -0.25) is 4.79 Å². The van der Waals surface area contributed by atoms with Crippen LogP contribution in [-0.2, 0) is 4.79 Å². The van der Waals surface area contributed by atoms with E-state index in [1.54, 1.807) is 0 Å². The Balaban J connectivity index is 2.51. The van der Waals surface area contributed by atoms with Crippen molar-refractivity contribution in [3.05, 3.63) is 29.3 Å². The molecule has 1 aromatic carbocycles. The number of rotatable bonds is 4. The zero-order chi connectivity index (χ0) is 10.6. The Morgan fingerprint density at radius 1 is 1.36 bits per heavy atom.